The molecule has 0 bridgehead atoms. The maximum Gasteiger partial charge on any atom is 0.304 e. The number of carboxylic acids is 1. The summed E-state index contributed by atoms with van der Waals surface area (Å²) in [6.45, 7) is 0. The number of hydrogen-bond acceptors (Lipinski definition) is 2. The number of benzene rings is 2. The van der Waals surface area contributed by atoms with Crippen molar-refractivity contribution < 1.29 is 9.90 Å². The molecular weight excluding hydrogens is 310 g/mol. The third-order valence-electron chi connectivity index (χ3n) is 5.38. The average Bonchev–Trinajstić information content (AvgIpc) is 2.93. The van der Waals surface area contributed by atoms with E-state index >= 15 is 0 Å². The Kier molecular flexibility index (Phi) is 5.19. The van der Waals surface area contributed by atoms with E-state index in [1.807, 2.05) is 36.4 Å². The molecule has 2 atom stereocenters. The first-order chi connectivity index (χ1) is 12.1. The van der Waals surface area contributed by atoms with Crippen LogP contribution in [0, 0.1) is 28.6 Å². The number of rotatable bonds is 6. The molecule has 25 heavy (non-hydrogen) atoms. The van der Waals surface area contributed by atoms with Crippen molar-refractivity contribution in [3.8, 4) is 6.07 Å². The summed E-state index contributed by atoms with van der Waals surface area (Å²) in [5.74, 6) is -0.205. The summed E-state index contributed by atoms with van der Waals surface area (Å²) in [6, 6.07) is 23.0. The predicted molar refractivity (Wildman–Crippen MR) is 96.8 cm³/mol. The zero-order valence-electron chi connectivity index (χ0n) is 14.3. The van der Waals surface area contributed by atoms with Crippen LogP contribution in [0.15, 0.2) is 60.7 Å². The van der Waals surface area contributed by atoms with E-state index in [-0.39, 0.29) is 6.42 Å². The Morgan fingerprint density at radius 2 is 1.40 bits per heavy atom. The van der Waals surface area contributed by atoms with E-state index in [0.29, 0.717) is 24.7 Å². The van der Waals surface area contributed by atoms with Crippen molar-refractivity contribution in [2.24, 2.45) is 17.3 Å². The van der Waals surface area contributed by atoms with Crippen LogP contribution in [0.25, 0.3) is 0 Å². The Morgan fingerprint density at radius 3 is 1.76 bits per heavy atom. The van der Waals surface area contributed by atoms with Gasteiger partial charge in [0.2, 0.25) is 0 Å². The average molecular weight is 333 g/mol. The Morgan fingerprint density at radius 1 is 0.960 bits per heavy atom. The molecule has 0 aliphatic heterocycles. The van der Waals surface area contributed by atoms with Gasteiger partial charge in [0.15, 0.2) is 0 Å². The first kappa shape index (κ1) is 17.2. The Hall–Kier alpha value is -2.60. The third kappa shape index (κ3) is 4.28. The van der Waals surface area contributed by atoms with Crippen LogP contribution in [0.3, 0.4) is 0 Å². The molecule has 1 aliphatic rings. The van der Waals surface area contributed by atoms with E-state index in [2.05, 4.69) is 30.3 Å². The van der Waals surface area contributed by atoms with Gasteiger partial charge in [-0.15, -0.1) is 0 Å². The minimum Gasteiger partial charge on any atom is -0.481 e. The molecule has 0 saturated heterocycles. The van der Waals surface area contributed by atoms with Crippen LogP contribution in [0.1, 0.15) is 30.4 Å². The summed E-state index contributed by atoms with van der Waals surface area (Å²) >= 11 is 0. The summed E-state index contributed by atoms with van der Waals surface area (Å²) in [6.07, 6.45) is 3.09. The van der Waals surface area contributed by atoms with Gasteiger partial charge in [0.05, 0.1) is 17.9 Å². The van der Waals surface area contributed by atoms with Gasteiger partial charge in [0.1, 0.15) is 0 Å². The summed E-state index contributed by atoms with van der Waals surface area (Å²) in [5.41, 5.74) is 1.79. The van der Waals surface area contributed by atoms with Crippen LogP contribution in [0.4, 0.5) is 0 Å². The highest BCUT2D eigenvalue weighted by atomic mass is 16.4. The SMILES string of the molecule is N#CC1(CC(=O)O)CC(Cc2ccccc2)C(Cc2ccccc2)C1. The quantitative estimate of drug-likeness (QED) is 0.847. The minimum absolute atomic E-state index is 0.0555. The van der Waals surface area contributed by atoms with Crippen LogP contribution < -0.4 is 0 Å². The highest BCUT2D eigenvalue weighted by Gasteiger charge is 2.46. The van der Waals surface area contributed by atoms with E-state index in [4.69, 9.17) is 0 Å². The molecule has 0 aromatic heterocycles. The molecule has 2 aromatic rings. The summed E-state index contributed by atoms with van der Waals surface area (Å²) in [7, 11) is 0. The van der Waals surface area contributed by atoms with E-state index < -0.39 is 11.4 Å². The molecule has 2 aromatic carbocycles. The van der Waals surface area contributed by atoms with Crippen LogP contribution in [0.5, 0.6) is 0 Å². The molecule has 3 nitrogen and oxygen atoms in total. The van der Waals surface area contributed by atoms with Crippen LogP contribution >= 0.6 is 0 Å². The van der Waals surface area contributed by atoms with Gasteiger partial charge in [-0.2, -0.15) is 5.26 Å². The molecule has 0 heterocycles. The zero-order chi connectivity index (χ0) is 17.7. The smallest absolute Gasteiger partial charge is 0.304 e. The first-order valence-electron chi connectivity index (χ1n) is 8.81. The fourth-order valence-corrected chi connectivity index (χ4v) is 4.30. The summed E-state index contributed by atoms with van der Waals surface area (Å²) in [4.78, 5) is 11.3. The van der Waals surface area contributed by atoms with E-state index in [9.17, 15) is 15.2 Å². The molecule has 3 rings (SSSR count). The van der Waals surface area contributed by atoms with Crippen LogP contribution in [0.2, 0.25) is 0 Å². The van der Waals surface area contributed by atoms with Gasteiger partial charge in [-0.05, 0) is 48.6 Å². The van der Waals surface area contributed by atoms with Crippen molar-refractivity contribution in [2.45, 2.75) is 32.1 Å². The molecule has 0 amide bonds. The fraction of sp³-hybridized carbons (Fsp3) is 0.364. The maximum atomic E-state index is 11.3. The molecule has 0 radical (unpaired) electrons. The van der Waals surface area contributed by atoms with Gasteiger partial charge < -0.3 is 5.11 Å². The molecule has 1 aliphatic carbocycles. The molecule has 2 unspecified atom stereocenters. The number of nitriles is 1. The number of aliphatic carboxylic acids is 1. The molecule has 3 heteroatoms. The van der Waals surface area contributed by atoms with Crippen molar-refractivity contribution >= 4 is 5.97 Å². The van der Waals surface area contributed by atoms with E-state index in [1.165, 1.54) is 11.1 Å². The highest BCUT2D eigenvalue weighted by molar-refractivity contribution is 5.68. The number of hydrogen-bond donors (Lipinski definition) is 1. The first-order valence-corrected chi connectivity index (χ1v) is 8.81. The highest BCUT2D eigenvalue weighted by Crippen LogP contribution is 2.49. The van der Waals surface area contributed by atoms with Gasteiger partial charge >= 0.3 is 5.97 Å². The lowest BCUT2D eigenvalue weighted by Crippen LogP contribution is -2.19. The summed E-state index contributed by atoms with van der Waals surface area (Å²) < 4.78 is 0. The fourth-order valence-electron chi connectivity index (χ4n) is 4.30. The van der Waals surface area contributed by atoms with Crippen LogP contribution in [-0.2, 0) is 17.6 Å². The van der Waals surface area contributed by atoms with E-state index in [0.717, 1.165) is 12.8 Å². The third-order valence-corrected chi connectivity index (χ3v) is 5.38. The van der Waals surface area contributed by atoms with Gasteiger partial charge in [-0.25, -0.2) is 0 Å². The monoisotopic (exact) mass is 333 g/mol. The van der Waals surface area contributed by atoms with Gasteiger partial charge in [-0.1, -0.05) is 60.7 Å². The lowest BCUT2D eigenvalue weighted by Gasteiger charge is -2.19. The van der Waals surface area contributed by atoms with Crippen molar-refractivity contribution in [3.05, 3.63) is 71.8 Å². The topological polar surface area (TPSA) is 61.1 Å². The molecule has 128 valence electrons. The Balaban J connectivity index is 1.83. The van der Waals surface area contributed by atoms with Crippen molar-refractivity contribution in [3.63, 3.8) is 0 Å². The molecule has 1 saturated carbocycles. The standard InChI is InChI=1S/C22H23NO2/c23-16-22(15-21(24)25)13-19(11-17-7-3-1-4-8-17)20(14-22)12-18-9-5-2-6-10-18/h1-10,19-20H,11-15H2,(H,24,25). The lowest BCUT2D eigenvalue weighted by atomic mass is 9.82. The lowest BCUT2D eigenvalue weighted by molar-refractivity contribution is -0.138. The minimum atomic E-state index is -0.875. The van der Waals surface area contributed by atoms with Gasteiger partial charge in [0.25, 0.3) is 0 Å². The second-order valence-corrected chi connectivity index (χ2v) is 7.27. The van der Waals surface area contributed by atoms with Gasteiger partial charge in [-0.3, -0.25) is 4.79 Å². The second kappa shape index (κ2) is 7.53. The number of nitrogens with zero attached hydrogens (tertiary/aromatic N) is 1. The largest absolute Gasteiger partial charge is 0.481 e. The number of carbonyl (C=O) groups is 1. The van der Waals surface area contributed by atoms with Crippen molar-refractivity contribution in [1.82, 2.24) is 0 Å². The van der Waals surface area contributed by atoms with Crippen molar-refractivity contribution in [2.75, 3.05) is 0 Å². The second-order valence-electron chi connectivity index (χ2n) is 7.27. The van der Waals surface area contributed by atoms with Crippen LogP contribution in [-0.4, -0.2) is 11.1 Å². The maximum absolute atomic E-state index is 11.3. The molecular formula is C22H23NO2. The molecule has 0 spiro atoms. The zero-order valence-corrected chi connectivity index (χ0v) is 14.3. The Bertz CT molecular complexity index is 699. The molecule has 1 fully saturated rings. The Labute approximate surface area is 148 Å². The predicted octanol–water partition coefficient (Wildman–Crippen LogP) is 4.48. The molecule has 1 N–H and O–H groups in total. The summed E-state index contributed by atoms with van der Waals surface area (Å²) in [5, 5.41) is 19.0. The van der Waals surface area contributed by atoms with Gasteiger partial charge in [0, 0.05) is 0 Å². The van der Waals surface area contributed by atoms with E-state index in [1.54, 1.807) is 0 Å². The normalized spacial score (nSPS) is 25.4. The number of carboxylic acid groups (broad SMARTS) is 1. The van der Waals surface area contributed by atoms with Crippen molar-refractivity contribution in [1.29, 1.82) is 5.26 Å².